The summed E-state index contributed by atoms with van der Waals surface area (Å²) >= 11 is 2.81. The topological polar surface area (TPSA) is 106 Å². The van der Waals surface area contributed by atoms with Crippen molar-refractivity contribution in [2.24, 2.45) is 5.11 Å². The molecule has 0 aliphatic heterocycles. The second-order valence-corrected chi connectivity index (χ2v) is 5.79. The van der Waals surface area contributed by atoms with Gasteiger partial charge in [-0.3, -0.25) is 4.57 Å². The van der Waals surface area contributed by atoms with E-state index in [2.05, 4.69) is 26.0 Å². The molecule has 1 rings (SSSR count). The van der Waals surface area contributed by atoms with Crippen molar-refractivity contribution in [1.29, 1.82) is 0 Å². The van der Waals surface area contributed by atoms with Gasteiger partial charge in [-0.2, -0.15) is 8.78 Å². The van der Waals surface area contributed by atoms with E-state index >= 15 is 0 Å². The fourth-order valence-electron chi connectivity index (χ4n) is 1.17. The maximum atomic E-state index is 13.4. The fraction of sp³-hybridized carbons (Fsp3) is 0.250. The van der Waals surface area contributed by atoms with Crippen molar-refractivity contribution in [3.05, 3.63) is 44.2 Å². The van der Waals surface area contributed by atoms with Crippen molar-refractivity contribution in [2.75, 3.05) is 0 Å². The van der Waals surface area contributed by atoms with Gasteiger partial charge in [0.2, 0.25) is 0 Å². The molecule has 10 heteroatoms. The third kappa shape index (κ3) is 3.07. The maximum Gasteiger partial charge on any atom is 0.399 e. The monoisotopic (exact) mass is 341 g/mol. The van der Waals surface area contributed by atoms with Crippen molar-refractivity contribution < 1.29 is 23.1 Å². The highest BCUT2D eigenvalue weighted by molar-refractivity contribution is 9.10. The number of hydrogen-bond donors (Lipinski definition) is 2. The molecule has 2 N–H and O–H groups in total. The Bertz CT molecular complexity index is 557. The predicted molar refractivity (Wildman–Crippen MR) is 62.9 cm³/mol. The van der Waals surface area contributed by atoms with Crippen LogP contribution in [-0.2, 0) is 16.8 Å². The van der Waals surface area contributed by atoms with Gasteiger partial charge in [0.05, 0.1) is 6.54 Å². The molecule has 1 aromatic carbocycles. The Balaban J connectivity index is 3.21. The maximum absolute atomic E-state index is 13.4. The molecule has 0 amide bonds. The van der Waals surface area contributed by atoms with Crippen LogP contribution in [0, 0.1) is 0 Å². The Morgan fingerprint density at radius 1 is 1.50 bits per heavy atom. The van der Waals surface area contributed by atoms with Crippen molar-refractivity contribution in [3.63, 3.8) is 0 Å². The van der Waals surface area contributed by atoms with Gasteiger partial charge in [-0.05, 0) is 17.2 Å². The van der Waals surface area contributed by atoms with Crippen LogP contribution in [0.4, 0.5) is 8.78 Å². The molecule has 0 aliphatic rings. The first-order valence-corrected chi connectivity index (χ1v) is 6.84. The summed E-state index contributed by atoms with van der Waals surface area (Å²) in [5, 5.41) is 3.24. The average molecular weight is 342 g/mol. The molecule has 6 nitrogen and oxygen atoms in total. The SMILES string of the molecule is [N-]=[N+]=NCc1ccc(C(F)(F)P(=O)(O)O)c(Br)c1. The molecular weight excluding hydrogens is 335 g/mol. The molecule has 0 atom stereocenters. The lowest BCUT2D eigenvalue weighted by molar-refractivity contribution is 0.0557. The van der Waals surface area contributed by atoms with Gasteiger partial charge < -0.3 is 9.79 Å². The Morgan fingerprint density at radius 2 is 2.11 bits per heavy atom. The van der Waals surface area contributed by atoms with Gasteiger partial charge in [0.25, 0.3) is 0 Å². The zero-order valence-corrected chi connectivity index (χ0v) is 11.1. The Hall–Kier alpha value is -0.980. The Labute approximate surface area is 109 Å². The van der Waals surface area contributed by atoms with Crippen LogP contribution in [0.3, 0.4) is 0 Å². The van der Waals surface area contributed by atoms with Crippen LogP contribution >= 0.6 is 23.5 Å². The highest BCUT2D eigenvalue weighted by atomic mass is 79.9. The zero-order chi connectivity index (χ0) is 14.0. The first-order chi connectivity index (χ1) is 8.20. The molecule has 0 aliphatic carbocycles. The van der Waals surface area contributed by atoms with E-state index in [4.69, 9.17) is 15.3 Å². The van der Waals surface area contributed by atoms with Crippen LogP contribution in [0.5, 0.6) is 0 Å². The molecule has 0 spiro atoms. The van der Waals surface area contributed by atoms with Crippen molar-refractivity contribution in [3.8, 4) is 0 Å². The highest BCUT2D eigenvalue weighted by Crippen LogP contribution is 2.60. The van der Waals surface area contributed by atoms with Gasteiger partial charge in [-0.15, -0.1) is 0 Å². The first kappa shape index (κ1) is 15.1. The Kier molecular flexibility index (Phi) is 4.47. The summed E-state index contributed by atoms with van der Waals surface area (Å²) in [5.74, 6) is 0. The lowest BCUT2D eigenvalue weighted by Gasteiger charge is -2.19. The molecule has 0 saturated carbocycles. The van der Waals surface area contributed by atoms with Crippen molar-refractivity contribution in [1.82, 2.24) is 0 Å². The minimum Gasteiger partial charge on any atom is -0.320 e. The van der Waals surface area contributed by atoms with Crippen molar-refractivity contribution in [2.45, 2.75) is 12.2 Å². The summed E-state index contributed by atoms with van der Waals surface area (Å²) in [4.78, 5) is 19.7. The van der Waals surface area contributed by atoms with E-state index in [1.165, 1.54) is 12.1 Å². The van der Waals surface area contributed by atoms with E-state index in [-0.39, 0.29) is 11.0 Å². The average Bonchev–Trinajstić information content (AvgIpc) is 2.24. The van der Waals surface area contributed by atoms with E-state index < -0.39 is 18.8 Å². The van der Waals surface area contributed by atoms with Crippen LogP contribution in [0.15, 0.2) is 27.8 Å². The third-order valence-electron chi connectivity index (χ3n) is 2.04. The third-order valence-corrected chi connectivity index (χ3v) is 3.67. The molecule has 98 valence electrons. The van der Waals surface area contributed by atoms with E-state index in [9.17, 15) is 13.3 Å². The van der Waals surface area contributed by atoms with Gasteiger partial charge in [0.1, 0.15) is 0 Å². The molecule has 1 aromatic rings. The van der Waals surface area contributed by atoms with Crippen LogP contribution in [0.2, 0.25) is 0 Å². The lowest BCUT2D eigenvalue weighted by Crippen LogP contribution is -2.14. The molecule has 0 bridgehead atoms. The van der Waals surface area contributed by atoms with Crippen LogP contribution in [0.25, 0.3) is 10.4 Å². The van der Waals surface area contributed by atoms with Gasteiger partial charge >= 0.3 is 13.3 Å². The number of nitrogens with zero attached hydrogens (tertiary/aromatic N) is 3. The molecule has 0 fully saturated rings. The van der Waals surface area contributed by atoms with Gasteiger partial charge in [-0.25, -0.2) is 0 Å². The van der Waals surface area contributed by atoms with E-state index in [1.54, 1.807) is 0 Å². The highest BCUT2D eigenvalue weighted by Gasteiger charge is 2.51. The molecular formula is C8H7BrF2N3O3P. The summed E-state index contributed by atoms with van der Waals surface area (Å²) in [7, 11) is -5.60. The number of halogens is 3. The standard InChI is InChI=1S/C8H7BrF2N3O3P/c9-7-3-5(4-13-14-12)1-2-6(7)8(10,11)18(15,16)17/h1-3H,4H2,(H2,15,16,17). The lowest BCUT2D eigenvalue weighted by atomic mass is 10.1. The summed E-state index contributed by atoms with van der Waals surface area (Å²) < 4.78 is 37.4. The van der Waals surface area contributed by atoms with Gasteiger partial charge in [-0.1, -0.05) is 33.2 Å². The molecule has 0 saturated heterocycles. The number of benzene rings is 1. The normalized spacial score (nSPS) is 12.1. The quantitative estimate of drug-likeness (QED) is 0.379. The molecule has 0 aromatic heterocycles. The summed E-state index contributed by atoms with van der Waals surface area (Å²) in [6.45, 7) is -0.0448. The number of azide groups is 1. The van der Waals surface area contributed by atoms with Gasteiger partial charge in [0.15, 0.2) is 0 Å². The van der Waals surface area contributed by atoms with E-state index in [0.29, 0.717) is 5.56 Å². The predicted octanol–water partition coefficient (Wildman–Crippen LogP) is 3.49. The minimum absolute atomic E-state index is 0.0448. The summed E-state index contributed by atoms with van der Waals surface area (Å²) in [5.41, 5.74) is 3.45. The fourth-order valence-corrected chi connectivity index (χ4v) is 2.51. The van der Waals surface area contributed by atoms with Gasteiger partial charge in [0, 0.05) is 14.9 Å². The zero-order valence-electron chi connectivity index (χ0n) is 8.66. The van der Waals surface area contributed by atoms with Crippen LogP contribution < -0.4 is 0 Å². The van der Waals surface area contributed by atoms with E-state index in [0.717, 1.165) is 6.07 Å². The summed E-state index contributed by atoms with van der Waals surface area (Å²) in [6, 6.07) is 3.30. The smallest absolute Gasteiger partial charge is 0.320 e. The van der Waals surface area contributed by atoms with Crippen LogP contribution in [-0.4, -0.2) is 9.79 Å². The second kappa shape index (κ2) is 5.34. The largest absolute Gasteiger partial charge is 0.399 e. The first-order valence-electron chi connectivity index (χ1n) is 4.43. The molecule has 0 unspecified atom stereocenters. The number of alkyl halides is 2. The van der Waals surface area contributed by atoms with E-state index in [1.807, 2.05) is 0 Å². The number of hydrogen-bond acceptors (Lipinski definition) is 2. The van der Waals surface area contributed by atoms with Crippen molar-refractivity contribution >= 4 is 23.5 Å². The Morgan fingerprint density at radius 3 is 2.56 bits per heavy atom. The summed E-state index contributed by atoms with van der Waals surface area (Å²) in [6.07, 6.45) is 0. The molecule has 0 radical (unpaired) electrons. The number of rotatable bonds is 4. The van der Waals surface area contributed by atoms with Crippen LogP contribution in [0.1, 0.15) is 11.1 Å². The molecule has 0 heterocycles. The second-order valence-electron chi connectivity index (χ2n) is 3.29. The minimum atomic E-state index is -5.60. The molecule has 18 heavy (non-hydrogen) atoms.